The van der Waals surface area contributed by atoms with Crippen molar-refractivity contribution in [2.45, 2.75) is 34.1 Å². The van der Waals surface area contributed by atoms with Gasteiger partial charge in [-0.15, -0.1) is 0 Å². The van der Waals surface area contributed by atoms with Gasteiger partial charge in [0, 0.05) is 5.71 Å². The van der Waals surface area contributed by atoms with Crippen LogP contribution < -0.4 is 0 Å². The summed E-state index contributed by atoms with van der Waals surface area (Å²) in [6.07, 6.45) is 1.07. The molecule has 0 saturated heterocycles. The highest BCUT2D eigenvalue weighted by Crippen LogP contribution is 2.16. The van der Waals surface area contributed by atoms with Crippen LogP contribution in [-0.2, 0) is 0 Å². The molecule has 0 saturated carbocycles. The molecule has 0 aromatic carbocycles. The molecule has 0 aromatic heterocycles. The van der Waals surface area contributed by atoms with E-state index in [2.05, 4.69) is 18.8 Å². The summed E-state index contributed by atoms with van der Waals surface area (Å²) in [5.74, 6) is 0.467. The fourth-order valence-electron chi connectivity index (χ4n) is 0.637. The molecule has 0 amide bonds. The zero-order valence-corrected chi connectivity index (χ0v) is 9.50. The van der Waals surface area contributed by atoms with Crippen LogP contribution in [0.25, 0.3) is 0 Å². The molecule has 1 unspecified atom stereocenters. The highest BCUT2D eigenvalue weighted by molar-refractivity contribution is 6.39. The molecule has 0 radical (unpaired) electrons. The van der Waals surface area contributed by atoms with Gasteiger partial charge in [-0.2, -0.15) is 0 Å². The first-order valence-electron chi connectivity index (χ1n) is 4.06. The summed E-state index contributed by atoms with van der Waals surface area (Å²) >= 11 is 11.4. The smallest absolute Gasteiger partial charge is 0.143 e. The van der Waals surface area contributed by atoms with Crippen LogP contribution in [0, 0.1) is 5.92 Å². The Bertz CT molecular complexity index is 203. The molecule has 0 spiro atoms. The third kappa shape index (κ3) is 4.13. The SMILES string of the molecule is CCC(C)C(C)=NC(Cl)=C(C)Cl. The number of nitrogens with zero attached hydrogens (tertiary/aromatic N) is 1. The zero-order valence-electron chi connectivity index (χ0n) is 7.99. The number of halogens is 2. The minimum atomic E-state index is 0.398. The fraction of sp³-hybridized carbons (Fsp3) is 0.667. The maximum absolute atomic E-state index is 5.77. The van der Waals surface area contributed by atoms with Crippen molar-refractivity contribution < 1.29 is 0 Å². The van der Waals surface area contributed by atoms with E-state index in [1.807, 2.05) is 6.92 Å². The number of hydrogen-bond donors (Lipinski definition) is 0. The molecule has 0 N–H and O–H groups in total. The van der Waals surface area contributed by atoms with Gasteiger partial charge >= 0.3 is 0 Å². The van der Waals surface area contributed by atoms with Crippen LogP contribution >= 0.6 is 23.2 Å². The van der Waals surface area contributed by atoms with Gasteiger partial charge < -0.3 is 0 Å². The topological polar surface area (TPSA) is 12.4 Å². The Labute approximate surface area is 84.5 Å². The molecule has 0 aromatic rings. The molecular formula is C9H15Cl2N. The molecule has 0 bridgehead atoms. The van der Waals surface area contributed by atoms with E-state index >= 15 is 0 Å². The summed E-state index contributed by atoms with van der Waals surface area (Å²) in [4.78, 5) is 4.18. The second-order valence-corrected chi connectivity index (χ2v) is 3.81. The molecule has 0 aliphatic heterocycles. The van der Waals surface area contributed by atoms with Gasteiger partial charge in [0.1, 0.15) is 5.16 Å². The van der Waals surface area contributed by atoms with Crippen LogP contribution in [0.15, 0.2) is 15.2 Å². The van der Waals surface area contributed by atoms with Crippen LogP contribution in [-0.4, -0.2) is 5.71 Å². The van der Waals surface area contributed by atoms with Gasteiger partial charge in [0.25, 0.3) is 0 Å². The zero-order chi connectivity index (χ0) is 9.72. The fourth-order valence-corrected chi connectivity index (χ4v) is 0.813. The van der Waals surface area contributed by atoms with E-state index in [-0.39, 0.29) is 0 Å². The van der Waals surface area contributed by atoms with Crippen LogP contribution in [0.5, 0.6) is 0 Å². The second-order valence-electron chi connectivity index (χ2n) is 2.89. The molecule has 0 aliphatic rings. The molecule has 0 rings (SSSR count). The Morgan fingerprint density at radius 2 is 1.83 bits per heavy atom. The predicted octanol–water partition coefficient (Wildman–Crippen LogP) is 4.16. The van der Waals surface area contributed by atoms with E-state index in [0.717, 1.165) is 12.1 Å². The Kier molecular flexibility index (Phi) is 5.60. The summed E-state index contributed by atoms with van der Waals surface area (Å²) in [6.45, 7) is 7.94. The van der Waals surface area contributed by atoms with Crippen molar-refractivity contribution in [2.75, 3.05) is 0 Å². The van der Waals surface area contributed by atoms with Gasteiger partial charge in [-0.05, 0) is 26.2 Å². The molecule has 12 heavy (non-hydrogen) atoms. The van der Waals surface area contributed by atoms with Crippen LogP contribution in [0.2, 0.25) is 0 Å². The maximum atomic E-state index is 5.77. The predicted molar refractivity (Wildman–Crippen MR) is 57.0 cm³/mol. The van der Waals surface area contributed by atoms with E-state index in [0.29, 0.717) is 16.1 Å². The molecule has 0 fully saturated rings. The third-order valence-corrected chi connectivity index (χ3v) is 2.53. The highest BCUT2D eigenvalue weighted by atomic mass is 35.5. The summed E-state index contributed by atoms with van der Waals surface area (Å²) in [5, 5.41) is 0.939. The number of aliphatic imine (C=N–C) groups is 1. The summed E-state index contributed by atoms with van der Waals surface area (Å²) in [5.41, 5.74) is 1.03. The minimum absolute atomic E-state index is 0.398. The standard InChI is InChI=1S/C9H15Cl2N/c1-5-6(2)8(4)12-9(11)7(3)10/h6H,5H2,1-4H3. The molecule has 0 heterocycles. The lowest BCUT2D eigenvalue weighted by atomic mass is 10.0. The van der Waals surface area contributed by atoms with Crippen molar-refractivity contribution in [3.8, 4) is 0 Å². The number of hydrogen-bond acceptors (Lipinski definition) is 1. The third-order valence-electron chi connectivity index (χ3n) is 1.88. The largest absolute Gasteiger partial charge is 0.244 e. The number of allylic oxidation sites excluding steroid dienone is 1. The quantitative estimate of drug-likeness (QED) is 0.487. The van der Waals surface area contributed by atoms with Crippen LogP contribution in [0.3, 0.4) is 0 Å². The first kappa shape index (κ1) is 12.0. The van der Waals surface area contributed by atoms with Crippen molar-refractivity contribution in [3.63, 3.8) is 0 Å². The van der Waals surface area contributed by atoms with Gasteiger partial charge in [0.2, 0.25) is 0 Å². The van der Waals surface area contributed by atoms with Gasteiger partial charge in [-0.1, -0.05) is 37.0 Å². The molecule has 3 heteroatoms. The van der Waals surface area contributed by atoms with E-state index in [1.54, 1.807) is 6.92 Å². The van der Waals surface area contributed by atoms with Crippen molar-refractivity contribution in [1.29, 1.82) is 0 Å². The normalized spacial score (nSPS) is 17.3. The molecule has 1 nitrogen and oxygen atoms in total. The summed E-state index contributed by atoms with van der Waals surface area (Å²) in [7, 11) is 0. The average Bonchev–Trinajstić information content (AvgIpc) is 2.02. The lowest BCUT2D eigenvalue weighted by molar-refractivity contribution is 0.735. The molecule has 0 aliphatic carbocycles. The van der Waals surface area contributed by atoms with Gasteiger partial charge in [-0.3, -0.25) is 0 Å². The van der Waals surface area contributed by atoms with Crippen molar-refractivity contribution in [2.24, 2.45) is 10.9 Å². The monoisotopic (exact) mass is 207 g/mol. The lowest BCUT2D eigenvalue weighted by Gasteiger charge is -2.06. The van der Waals surface area contributed by atoms with Gasteiger partial charge in [-0.25, -0.2) is 4.99 Å². The van der Waals surface area contributed by atoms with Crippen molar-refractivity contribution >= 4 is 28.9 Å². The second kappa shape index (κ2) is 5.60. The first-order chi connectivity index (χ1) is 5.49. The number of rotatable bonds is 3. The summed E-state index contributed by atoms with van der Waals surface area (Å²) < 4.78 is 0. The van der Waals surface area contributed by atoms with E-state index in [9.17, 15) is 0 Å². The van der Waals surface area contributed by atoms with Gasteiger partial charge in [0.05, 0.1) is 5.03 Å². The maximum Gasteiger partial charge on any atom is 0.143 e. The molecule has 70 valence electrons. The van der Waals surface area contributed by atoms with Gasteiger partial charge in [0.15, 0.2) is 0 Å². The Balaban J connectivity index is 4.46. The Morgan fingerprint density at radius 1 is 1.33 bits per heavy atom. The van der Waals surface area contributed by atoms with Crippen LogP contribution in [0.4, 0.5) is 0 Å². The Morgan fingerprint density at radius 3 is 2.17 bits per heavy atom. The lowest BCUT2D eigenvalue weighted by Crippen LogP contribution is -2.04. The van der Waals surface area contributed by atoms with E-state index < -0.39 is 0 Å². The van der Waals surface area contributed by atoms with E-state index in [4.69, 9.17) is 23.2 Å². The summed E-state index contributed by atoms with van der Waals surface area (Å²) in [6, 6.07) is 0. The van der Waals surface area contributed by atoms with Crippen LogP contribution in [0.1, 0.15) is 34.1 Å². The highest BCUT2D eigenvalue weighted by Gasteiger charge is 2.03. The minimum Gasteiger partial charge on any atom is -0.244 e. The first-order valence-corrected chi connectivity index (χ1v) is 4.81. The van der Waals surface area contributed by atoms with Crippen molar-refractivity contribution in [1.82, 2.24) is 0 Å². The van der Waals surface area contributed by atoms with E-state index in [1.165, 1.54) is 0 Å². The van der Waals surface area contributed by atoms with Crippen molar-refractivity contribution in [3.05, 3.63) is 10.2 Å². The molecule has 1 atom stereocenters. The Hall–Kier alpha value is -0.0100. The molecular weight excluding hydrogens is 193 g/mol. The average molecular weight is 208 g/mol.